The molecule has 0 spiro atoms. The van der Waals surface area contributed by atoms with Gasteiger partial charge in [0.1, 0.15) is 34.0 Å². The van der Waals surface area contributed by atoms with Gasteiger partial charge in [0, 0.05) is 38.1 Å². The molecule has 4 rings (SSSR count). The molecule has 174 valence electrons. The SMILES string of the molecule is COCCc1nc2c(N)nc3ccccc3c2n1CCCCNS(=O)c1ccc(F)cc1F. The molecule has 0 aliphatic rings. The van der Waals surface area contributed by atoms with Crippen LogP contribution in [0.4, 0.5) is 14.6 Å². The maximum atomic E-state index is 13.8. The normalized spacial score (nSPS) is 12.6. The van der Waals surface area contributed by atoms with Gasteiger partial charge in [-0.2, -0.15) is 0 Å². The summed E-state index contributed by atoms with van der Waals surface area (Å²) in [6, 6.07) is 10.8. The van der Waals surface area contributed by atoms with E-state index in [2.05, 4.69) is 14.3 Å². The van der Waals surface area contributed by atoms with Crippen LogP contribution in [0.25, 0.3) is 21.9 Å². The van der Waals surface area contributed by atoms with Gasteiger partial charge in [0.05, 0.1) is 22.5 Å². The molecule has 3 N–H and O–H groups in total. The zero-order valence-corrected chi connectivity index (χ0v) is 19.0. The van der Waals surface area contributed by atoms with E-state index < -0.39 is 22.6 Å². The van der Waals surface area contributed by atoms with Crippen LogP contribution in [0.1, 0.15) is 18.7 Å². The molecule has 2 aromatic heterocycles. The molecular weight excluding hydrogens is 448 g/mol. The minimum absolute atomic E-state index is 0.0618. The molecule has 1 unspecified atom stereocenters. The van der Waals surface area contributed by atoms with E-state index in [-0.39, 0.29) is 4.90 Å². The first-order valence-electron chi connectivity index (χ1n) is 10.6. The van der Waals surface area contributed by atoms with Gasteiger partial charge in [-0.1, -0.05) is 18.2 Å². The number of methoxy groups -OCH3 is 1. The molecule has 0 aliphatic carbocycles. The zero-order chi connectivity index (χ0) is 23.4. The summed E-state index contributed by atoms with van der Waals surface area (Å²) in [5.41, 5.74) is 8.62. The van der Waals surface area contributed by atoms with E-state index in [4.69, 9.17) is 15.5 Å². The number of anilines is 1. The molecule has 10 heteroatoms. The van der Waals surface area contributed by atoms with E-state index in [9.17, 15) is 13.0 Å². The van der Waals surface area contributed by atoms with E-state index in [0.717, 1.165) is 40.8 Å². The second-order valence-electron chi connectivity index (χ2n) is 7.58. The molecule has 7 nitrogen and oxygen atoms in total. The fraction of sp³-hybridized carbons (Fsp3) is 0.304. The molecular formula is C23H25F2N5O2S. The number of imidazole rings is 1. The van der Waals surface area contributed by atoms with E-state index in [1.807, 2.05) is 24.3 Å². The van der Waals surface area contributed by atoms with Crippen molar-refractivity contribution in [1.29, 1.82) is 0 Å². The third-order valence-electron chi connectivity index (χ3n) is 5.35. The van der Waals surface area contributed by atoms with Crippen molar-refractivity contribution in [3.63, 3.8) is 0 Å². The van der Waals surface area contributed by atoms with Crippen molar-refractivity contribution < 1.29 is 17.7 Å². The molecule has 4 aromatic rings. The molecule has 0 radical (unpaired) electrons. The van der Waals surface area contributed by atoms with Gasteiger partial charge in [-0.05, 0) is 31.0 Å². The summed E-state index contributed by atoms with van der Waals surface area (Å²) in [5.74, 6) is -0.277. The summed E-state index contributed by atoms with van der Waals surface area (Å²) in [4.78, 5) is 9.16. The maximum absolute atomic E-state index is 13.8. The number of benzene rings is 2. The van der Waals surface area contributed by atoms with Crippen LogP contribution in [-0.4, -0.2) is 39.0 Å². The highest BCUT2D eigenvalue weighted by molar-refractivity contribution is 7.83. The summed E-state index contributed by atoms with van der Waals surface area (Å²) in [6.07, 6.45) is 2.08. The Bertz CT molecular complexity index is 1310. The number of hydrogen-bond acceptors (Lipinski definition) is 5. The number of aryl methyl sites for hydroxylation is 1. The number of para-hydroxylation sites is 1. The van der Waals surface area contributed by atoms with E-state index in [1.165, 1.54) is 6.07 Å². The van der Waals surface area contributed by atoms with Crippen LogP contribution >= 0.6 is 0 Å². The fourth-order valence-electron chi connectivity index (χ4n) is 3.79. The number of nitrogens with one attached hydrogen (secondary N) is 1. The second kappa shape index (κ2) is 10.3. The maximum Gasteiger partial charge on any atom is 0.152 e. The largest absolute Gasteiger partial charge is 0.384 e. The highest BCUT2D eigenvalue weighted by Crippen LogP contribution is 2.29. The minimum Gasteiger partial charge on any atom is -0.384 e. The van der Waals surface area contributed by atoms with E-state index in [1.54, 1.807) is 7.11 Å². The Kier molecular flexibility index (Phi) is 7.26. The number of pyridine rings is 1. The summed E-state index contributed by atoms with van der Waals surface area (Å²) >= 11 is 0. The molecule has 0 bridgehead atoms. The lowest BCUT2D eigenvalue weighted by atomic mass is 10.2. The van der Waals surface area contributed by atoms with Crippen molar-refractivity contribution in [1.82, 2.24) is 19.3 Å². The Morgan fingerprint density at radius 2 is 1.97 bits per heavy atom. The van der Waals surface area contributed by atoms with Crippen molar-refractivity contribution in [3.05, 3.63) is 59.9 Å². The van der Waals surface area contributed by atoms with Gasteiger partial charge < -0.3 is 15.0 Å². The van der Waals surface area contributed by atoms with Crippen LogP contribution < -0.4 is 10.5 Å². The molecule has 33 heavy (non-hydrogen) atoms. The van der Waals surface area contributed by atoms with Gasteiger partial charge in [0.2, 0.25) is 0 Å². The van der Waals surface area contributed by atoms with Crippen molar-refractivity contribution in [2.45, 2.75) is 30.7 Å². The van der Waals surface area contributed by atoms with Gasteiger partial charge >= 0.3 is 0 Å². The highest BCUT2D eigenvalue weighted by Gasteiger charge is 2.17. The van der Waals surface area contributed by atoms with Crippen molar-refractivity contribution in [2.75, 3.05) is 26.0 Å². The number of hydrogen-bond donors (Lipinski definition) is 2. The number of unbranched alkanes of at least 4 members (excludes halogenated alkanes) is 1. The number of halogens is 2. The van der Waals surface area contributed by atoms with Gasteiger partial charge in [-0.25, -0.2) is 27.7 Å². The Hall–Kier alpha value is -2.95. The Balaban J connectivity index is 1.49. The Morgan fingerprint density at radius 1 is 1.15 bits per heavy atom. The predicted octanol–water partition coefficient (Wildman–Crippen LogP) is 3.73. The zero-order valence-electron chi connectivity index (χ0n) is 18.2. The van der Waals surface area contributed by atoms with Crippen LogP contribution in [0.5, 0.6) is 0 Å². The van der Waals surface area contributed by atoms with Crippen molar-refractivity contribution in [2.24, 2.45) is 0 Å². The molecule has 0 saturated carbocycles. The number of rotatable bonds is 10. The summed E-state index contributed by atoms with van der Waals surface area (Å²) in [5, 5.41) is 0.976. The summed E-state index contributed by atoms with van der Waals surface area (Å²) < 4.78 is 49.3. The van der Waals surface area contributed by atoms with E-state index in [0.29, 0.717) is 43.9 Å². The third kappa shape index (κ3) is 5.02. The van der Waals surface area contributed by atoms with Crippen LogP contribution in [0.2, 0.25) is 0 Å². The number of nitrogen functional groups attached to an aromatic ring is 1. The van der Waals surface area contributed by atoms with Crippen molar-refractivity contribution in [3.8, 4) is 0 Å². The quantitative estimate of drug-likeness (QED) is 0.342. The number of ether oxygens (including phenoxy) is 1. The number of fused-ring (bicyclic) bond motifs is 3. The summed E-state index contributed by atoms with van der Waals surface area (Å²) in [6.45, 7) is 1.61. The van der Waals surface area contributed by atoms with Crippen LogP contribution in [-0.2, 0) is 28.7 Å². The highest BCUT2D eigenvalue weighted by atomic mass is 32.2. The number of nitrogens with two attached hydrogens (primary N) is 1. The monoisotopic (exact) mass is 473 g/mol. The topological polar surface area (TPSA) is 95.1 Å². The molecule has 0 aliphatic heterocycles. The first kappa shape index (κ1) is 23.2. The lowest BCUT2D eigenvalue weighted by molar-refractivity contribution is 0.199. The van der Waals surface area contributed by atoms with Crippen LogP contribution in [0.15, 0.2) is 47.4 Å². The number of nitrogens with zero attached hydrogens (tertiary/aromatic N) is 3. The smallest absolute Gasteiger partial charge is 0.152 e. The molecule has 0 saturated heterocycles. The standard InChI is InChI=1S/C23H25F2N5O2S/c1-32-13-10-20-29-21-22(16-6-2-3-7-18(16)28-23(21)26)30(20)12-5-4-11-27-33(31)19-9-8-15(24)14-17(19)25/h2-3,6-9,14,27H,4-5,10-13H2,1H3,(H2,26,28). The average molecular weight is 474 g/mol. The molecule has 1 atom stereocenters. The third-order valence-corrected chi connectivity index (χ3v) is 6.55. The second-order valence-corrected chi connectivity index (χ2v) is 8.84. The Morgan fingerprint density at radius 3 is 2.76 bits per heavy atom. The molecule has 0 amide bonds. The lowest BCUT2D eigenvalue weighted by Gasteiger charge is -2.11. The fourth-order valence-corrected chi connectivity index (χ4v) is 4.71. The predicted molar refractivity (Wildman–Crippen MR) is 125 cm³/mol. The first-order chi connectivity index (χ1) is 16.0. The molecule has 2 heterocycles. The lowest BCUT2D eigenvalue weighted by Crippen LogP contribution is -2.20. The molecule has 0 fully saturated rings. The number of aromatic nitrogens is 3. The Labute approximate surface area is 192 Å². The van der Waals surface area contributed by atoms with Crippen molar-refractivity contribution >= 4 is 38.7 Å². The summed E-state index contributed by atoms with van der Waals surface area (Å²) in [7, 11) is -0.101. The van der Waals surface area contributed by atoms with Crippen LogP contribution in [0, 0.1) is 11.6 Å². The van der Waals surface area contributed by atoms with Gasteiger partial charge in [-0.3, -0.25) is 0 Å². The first-order valence-corrected chi connectivity index (χ1v) is 11.8. The van der Waals surface area contributed by atoms with Gasteiger partial charge in [0.15, 0.2) is 5.82 Å². The molecule has 2 aromatic carbocycles. The van der Waals surface area contributed by atoms with Gasteiger partial charge in [0.25, 0.3) is 0 Å². The van der Waals surface area contributed by atoms with Gasteiger partial charge in [-0.15, -0.1) is 0 Å². The average Bonchev–Trinajstić information content (AvgIpc) is 3.16. The van der Waals surface area contributed by atoms with Crippen LogP contribution in [0.3, 0.4) is 0 Å². The minimum atomic E-state index is -1.75. The van der Waals surface area contributed by atoms with E-state index >= 15 is 0 Å².